The summed E-state index contributed by atoms with van der Waals surface area (Å²) in [7, 11) is 1.70. The molecule has 0 aromatic carbocycles. The first-order valence-electron chi connectivity index (χ1n) is 5.71. The number of hydrogen-bond donors (Lipinski definition) is 2. The second kappa shape index (κ2) is 7.22. The summed E-state index contributed by atoms with van der Waals surface area (Å²) in [5.74, 6) is -0.238. The van der Waals surface area contributed by atoms with Gasteiger partial charge < -0.3 is 16.0 Å². The molecule has 0 fully saturated rings. The number of carbonyl (C=O) groups excluding carboxylic acids is 2. The van der Waals surface area contributed by atoms with Crippen molar-refractivity contribution in [1.29, 1.82) is 0 Å². The molecule has 5 heteroatoms. The molecule has 94 valence electrons. The molecule has 0 aliphatic rings. The van der Waals surface area contributed by atoms with Gasteiger partial charge in [-0.05, 0) is 12.8 Å². The van der Waals surface area contributed by atoms with Crippen LogP contribution in [0.1, 0.15) is 27.2 Å². The first-order valence-corrected chi connectivity index (χ1v) is 5.71. The summed E-state index contributed by atoms with van der Waals surface area (Å²) in [4.78, 5) is 24.5. The number of hydrogen-bond acceptors (Lipinski definition) is 3. The van der Waals surface area contributed by atoms with Crippen molar-refractivity contribution in [2.75, 3.05) is 20.1 Å². The van der Waals surface area contributed by atoms with Crippen molar-refractivity contribution < 1.29 is 9.59 Å². The third-order valence-corrected chi connectivity index (χ3v) is 2.87. The molecule has 5 nitrogen and oxygen atoms in total. The summed E-state index contributed by atoms with van der Waals surface area (Å²) in [5.41, 5.74) is 5.73. The zero-order valence-electron chi connectivity index (χ0n) is 10.6. The number of likely N-dealkylation sites (N-methyl/N-ethyl adjacent to an activating group) is 1. The third-order valence-electron chi connectivity index (χ3n) is 2.87. The van der Waals surface area contributed by atoms with E-state index < -0.39 is 6.04 Å². The van der Waals surface area contributed by atoms with Crippen molar-refractivity contribution in [3.05, 3.63) is 0 Å². The minimum Gasteiger partial charge on any atom is -0.346 e. The van der Waals surface area contributed by atoms with Crippen molar-refractivity contribution in [1.82, 2.24) is 10.2 Å². The lowest BCUT2D eigenvalue weighted by molar-refractivity contribution is -0.132. The van der Waals surface area contributed by atoms with Crippen LogP contribution in [0.2, 0.25) is 0 Å². The van der Waals surface area contributed by atoms with Gasteiger partial charge in [-0.2, -0.15) is 0 Å². The van der Waals surface area contributed by atoms with Crippen LogP contribution < -0.4 is 11.1 Å². The first-order chi connectivity index (χ1) is 7.43. The van der Waals surface area contributed by atoms with Crippen LogP contribution in [0.3, 0.4) is 0 Å². The van der Waals surface area contributed by atoms with Crippen molar-refractivity contribution in [2.45, 2.75) is 33.2 Å². The van der Waals surface area contributed by atoms with E-state index in [4.69, 9.17) is 5.73 Å². The van der Waals surface area contributed by atoms with Crippen LogP contribution in [0.5, 0.6) is 0 Å². The SMILES string of the molecule is CCC(C)[C@H](N)C(=O)NCC(=O)N(C)CC. The topological polar surface area (TPSA) is 75.4 Å². The Balaban J connectivity index is 4.03. The van der Waals surface area contributed by atoms with Gasteiger partial charge in [0, 0.05) is 13.6 Å². The molecule has 0 aromatic heterocycles. The maximum absolute atomic E-state index is 11.6. The van der Waals surface area contributed by atoms with Crippen molar-refractivity contribution in [3.8, 4) is 0 Å². The Morgan fingerprint density at radius 1 is 1.38 bits per heavy atom. The Kier molecular flexibility index (Phi) is 6.72. The molecule has 0 saturated carbocycles. The van der Waals surface area contributed by atoms with Crippen LogP contribution >= 0.6 is 0 Å². The highest BCUT2D eigenvalue weighted by molar-refractivity contribution is 5.87. The maximum Gasteiger partial charge on any atom is 0.241 e. The lowest BCUT2D eigenvalue weighted by Gasteiger charge is -2.19. The molecule has 2 atom stereocenters. The minimum atomic E-state index is -0.537. The number of nitrogens with one attached hydrogen (secondary N) is 1. The molecule has 0 heterocycles. The fourth-order valence-corrected chi connectivity index (χ4v) is 1.10. The Labute approximate surface area is 97.4 Å². The fraction of sp³-hybridized carbons (Fsp3) is 0.818. The third kappa shape index (κ3) is 4.61. The fourth-order valence-electron chi connectivity index (χ4n) is 1.10. The highest BCUT2D eigenvalue weighted by Crippen LogP contribution is 2.04. The van der Waals surface area contributed by atoms with Crippen LogP contribution in [0.25, 0.3) is 0 Å². The van der Waals surface area contributed by atoms with Crippen LogP contribution in [-0.4, -0.2) is 42.9 Å². The van der Waals surface area contributed by atoms with Crippen molar-refractivity contribution >= 4 is 11.8 Å². The molecule has 0 radical (unpaired) electrons. The van der Waals surface area contributed by atoms with E-state index >= 15 is 0 Å². The largest absolute Gasteiger partial charge is 0.346 e. The highest BCUT2D eigenvalue weighted by atomic mass is 16.2. The minimum absolute atomic E-state index is 0.0211. The molecule has 1 unspecified atom stereocenters. The first kappa shape index (κ1) is 14.9. The summed E-state index contributed by atoms with van der Waals surface area (Å²) >= 11 is 0. The number of nitrogens with zero attached hydrogens (tertiary/aromatic N) is 1. The van der Waals surface area contributed by atoms with E-state index in [-0.39, 0.29) is 24.3 Å². The Morgan fingerprint density at radius 3 is 2.38 bits per heavy atom. The van der Waals surface area contributed by atoms with E-state index in [2.05, 4.69) is 5.32 Å². The van der Waals surface area contributed by atoms with Gasteiger partial charge in [-0.15, -0.1) is 0 Å². The second-order valence-electron chi connectivity index (χ2n) is 4.04. The quantitative estimate of drug-likeness (QED) is 0.671. The van der Waals surface area contributed by atoms with Gasteiger partial charge in [0.05, 0.1) is 12.6 Å². The lowest BCUT2D eigenvalue weighted by atomic mass is 9.99. The molecule has 0 aliphatic carbocycles. The van der Waals surface area contributed by atoms with Gasteiger partial charge in [0.25, 0.3) is 0 Å². The summed E-state index contributed by atoms with van der Waals surface area (Å²) in [6.45, 7) is 6.43. The maximum atomic E-state index is 11.6. The van der Waals surface area contributed by atoms with Crippen molar-refractivity contribution in [3.63, 3.8) is 0 Å². The van der Waals surface area contributed by atoms with Gasteiger partial charge >= 0.3 is 0 Å². The molecule has 0 rings (SSSR count). The standard InChI is InChI=1S/C11H23N3O2/c1-5-8(3)10(12)11(16)13-7-9(15)14(4)6-2/h8,10H,5-7,12H2,1-4H3,(H,13,16)/t8?,10-/m0/s1. The normalized spacial score (nSPS) is 14.1. The van der Waals surface area contributed by atoms with E-state index in [1.165, 1.54) is 0 Å². The lowest BCUT2D eigenvalue weighted by Crippen LogP contribution is -2.47. The van der Waals surface area contributed by atoms with E-state index in [9.17, 15) is 9.59 Å². The van der Waals surface area contributed by atoms with Gasteiger partial charge in [-0.25, -0.2) is 0 Å². The summed E-state index contributed by atoms with van der Waals surface area (Å²) in [6.07, 6.45) is 0.845. The smallest absolute Gasteiger partial charge is 0.241 e. The molecule has 0 bridgehead atoms. The number of rotatable bonds is 6. The molecular weight excluding hydrogens is 206 g/mol. The average molecular weight is 229 g/mol. The monoisotopic (exact) mass is 229 g/mol. The van der Waals surface area contributed by atoms with Crippen LogP contribution in [0.15, 0.2) is 0 Å². The van der Waals surface area contributed by atoms with E-state index in [1.54, 1.807) is 11.9 Å². The molecule has 16 heavy (non-hydrogen) atoms. The zero-order chi connectivity index (χ0) is 12.7. The molecular formula is C11H23N3O2. The molecule has 0 aromatic rings. The molecule has 2 amide bonds. The Bertz CT molecular complexity index is 243. The van der Waals surface area contributed by atoms with Gasteiger partial charge in [0.2, 0.25) is 11.8 Å². The van der Waals surface area contributed by atoms with Crippen LogP contribution in [0.4, 0.5) is 0 Å². The van der Waals surface area contributed by atoms with Crippen LogP contribution in [-0.2, 0) is 9.59 Å². The van der Waals surface area contributed by atoms with Gasteiger partial charge in [0.1, 0.15) is 0 Å². The average Bonchev–Trinajstić information content (AvgIpc) is 2.32. The second-order valence-corrected chi connectivity index (χ2v) is 4.04. The summed E-state index contributed by atoms with van der Waals surface area (Å²) in [5, 5.41) is 2.56. The Morgan fingerprint density at radius 2 is 1.94 bits per heavy atom. The number of carbonyl (C=O) groups is 2. The van der Waals surface area contributed by atoms with Gasteiger partial charge in [-0.1, -0.05) is 20.3 Å². The summed E-state index contributed by atoms with van der Waals surface area (Å²) < 4.78 is 0. The van der Waals surface area contributed by atoms with E-state index in [0.29, 0.717) is 6.54 Å². The summed E-state index contributed by atoms with van der Waals surface area (Å²) in [6, 6.07) is -0.537. The van der Waals surface area contributed by atoms with Crippen molar-refractivity contribution in [2.24, 2.45) is 11.7 Å². The van der Waals surface area contributed by atoms with E-state index in [1.807, 2.05) is 20.8 Å². The number of nitrogens with two attached hydrogens (primary N) is 1. The van der Waals surface area contributed by atoms with Crippen LogP contribution in [0, 0.1) is 5.92 Å². The Hall–Kier alpha value is -1.10. The highest BCUT2D eigenvalue weighted by Gasteiger charge is 2.20. The molecule has 0 saturated heterocycles. The molecule has 0 spiro atoms. The van der Waals surface area contributed by atoms with E-state index in [0.717, 1.165) is 6.42 Å². The van der Waals surface area contributed by atoms with Gasteiger partial charge in [0.15, 0.2) is 0 Å². The molecule has 3 N–H and O–H groups in total. The molecule has 0 aliphatic heterocycles. The number of amides is 2. The zero-order valence-corrected chi connectivity index (χ0v) is 10.6. The predicted octanol–water partition coefficient (Wildman–Crippen LogP) is -0.0457. The van der Waals surface area contributed by atoms with Gasteiger partial charge in [-0.3, -0.25) is 9.59 Å². The predicted molar refractivity (Wildman–Crippen MR) is 63.8 cm³/mol.